The smallest absolute Gasteiger partial charge is 0.280 e. The summed E-state index contributed by atoms with van der Waals surface area (Å²) in [6.45, 7) is 1.70. The van der Waals surface area contributed by atoms with Gasteiger partial charge in [-0.1, -0.05) is 0 Å². The van der Waals surface area contributed by atoms with E-state index in [0.717, 1.165) is 0 Å². The number of Topliss-reactive ketones (excluding diaryl/α,β-unsaturated/α-hetero) is 1. The summed E-state index contributed by atoms with van der Waals surface area (Å²) < 4.78 is 16.8. The predicted octanol–water partition coefficient (Wildman–Crippen LogP) is -6.21. The zero-order valence-electron chi connectivity index (χ0n) is 16.6. The average molecular weight is 495 g/mol. The maximum absolute atomic E-state index is 12.2. The van der Waals surface area contributed by atoms with Gasteiger partial charge in [-0.15, -0.1) is 24.8 Å². The van der Waals surface area contributed by atoms with Crippen LogP contribution in [0.1, 0.15) is 13.3 Å². The van der Waals surface area contributed by atoms with Crippen molar-refractivity contribution in [2.75, 3.05) is 14.1 Å². The lowest BCUT2D eigenvalue weighted by Gasteiger charge is -2.55. The van der Waals surface area contributed by atoms with Gasteiger partial charge in [0.1, 0.15) is 18.3 Å². The quantitative estimate of drug-likeness (QED) is 0.243. The number of likely N-dealkylation sites (N-methyl/N-ethyl adjacent to an activating group) is 2. The fourth-order valence-electron chi connectivity index (χ4n) is 3.68. The molecule has 188 valence electrons. The number of aliphatic hydroxyl groups is 3. The molecule has 15 N–H and O–H groups in total. The van der Waals surface area contributed by atoms with Gasteiger partial charge in [0, 0.05) is 6.42 Å². The van der Waals surface area contributed by atoms with E-state index in [-0.39, 0.29) is 58.6 Å². The molecule has 0 spiro atoms. The first-order valence-electron chi connectivity index (χ1n) is 7.78. The van der Waals surface area contributed by atoms with Crippen LogP contribution in [0.4, 0.5) is 0 Å². The van der Waals surface area contributed by atoms with Crippen molar-refractivity contribution in [3.63, 3.8) is 0 Å². The first-order valence-corrected chi connectivity index (χ1v) is 7.78. The molecule has 1 aliphatic carbocycles. The van der Waals surface area contributed by atoms with E-state index in [1.54, 1.807) is 21.0 Å². The highest BCUT2D eigenvalue weighted by Crippen LogP contribution is 2.40. The van der Waals surface area contributed by atoms with E-state index in [0.29, 0.717) is 0 Å². The molecule has 3 rings (SSSR count). The molecule has 16 heteroatoms. The number of halogens is 2. The van der Waals surface area contributed by atoms with Crippen LogP contribution in [0.5, 0.6) is 0 Å². The summed E-state index contributed by atoms with van der Waals surface area (Å²) in [6, 6.07) is -1.29. The lowest BCUT2D eigenvalue weighted by molar-refractivity contribution is -0.420. The minimum Gasteiger partial charge on any atom is -0.412 e. The van der Waals surface area contributed by atoms with Crippen LogP contribution in [0, 0.1) is 0 Å². The summed E-state index contributed by atoms with van der Waals surface area (Å²) in [5, 5.41) is 37.2. The van der Waals surface area contributed by atoms with Crippen molar-refractivity contribution in [3.05, 3.63) is 0 Å². The van der Waals surface area contributed by atoms with Gasteiger partial charge in [0.2, 0.25) is 6.29 Å². The standard InChI is InChI=1S/C14H24N2O7.2ClH.5H2O/c1-5-4-6(17)14(20)13(21-5)22-12-10(19)7(15-2)9(18)8(16-3)11(12)23-14;;;;;;;/h5,7-13,15-16,18-20H,4H2,1-3H3;2*1H;5*1H2/t5-,7-,8+,9-,10+,11-,12-,13+,14+;;;;;;;/m1......./s1. The van der Waals surface area contributed by atoms with Gasteiger partial charge in [0.15, 0.2) is 5.78 Å². The van der Waals surface area contributed by atoms with E-state index in [1.165, 1.54) is 0 Å². The minimum absolute atomic E-state index is 0. The second kappa shape index (κ2) is 14.7. The van der Waals surface area contributed by atoms with E-state index in [4.69, 9.17) is 14.2 Å². The molecule has 1 saturated carbocycles. The van der Waals surface area contributed by atoms with E-state index >= 15 is 0 Å². The monoisotopic (exact) mass is 494 g/mol. The Balaban J connectivity index is -0.000000298. The van der Waals surface area contributed by atoms with Gasteiger partial charge in [0.05, 0.1) is 24.3 Å². The number of fused-ring (bicyclic) bond motifs is 2. The molecule has 0 radical (unpaired) electrons. The largest absolute Gasteiger partial charge is 0.412 e. The fourth-order valence-corrected chi connectivity index (χ4v) is 3.68. The molecule has 2 aliphatic heterocycles. The summed E-state index contributed by atoms with van der Waals surface area (Å²) in [7, 11) is 3.24. The van der Waals surface area contributed by atoms with Crippen LogP contribution in [0.3, 0.4) is 0 Å². The second-order valence-electron chi connectivity index (χ2n) is 6.40. The summed E-state index contributed by atoms with van der Waals surface area (Å²) in [5.41, 5.74) is 0. The van der Waals surface area contributed by atoms with Gasteiger partial charge >= 0.3 is 0 Å². The van der Waals surface area contributed by atoms with Crippen LogP contribution in [-0.4, -0.2) is 117 Å². The number of carbonyl (C=O) groups is 1. The molecule has 0 bridgehead atoms. The van der Waals surface area contributed by atoms with Crippen LogP contribution in [-0.2, 0) is 19.0 Å². The molecule has 2 saturated heterocycles. The van der Waals surface area contributed by atoms with Crippen LogP contribution in [0.25, 0.3) is 0 Å². The Morgan fingerprint density at radius 1 is 0.900 bits per heavy atom. The number of hydrogen-bond donors (Lipinski definition) is 5. The number of ether oxygens (including phenoxy) is 3. The van der Waals surface area contributed by atoms with E-state index in [1.807, 2.05) is 0 Å². The van der Waals surface area contributed by atoms with Crippen molar-refractivity contribution < 1.29 is 61.7 Å². The van der Waals surface area contributed by atoms with Crippen molar-refractivity contribution in [1.82, 2.24) is 10.6 Å². The third kappa shape index (κ3) is 6.16. The molecule has 3 fully saturated rings. The molecule has 9 atom stereocenters. The van der Waals surface area contributed by atoms with Crippen LogP contribution in [0.15, 0.2) is 0 Å². The van der Waals surface area contributed by atoms with Crippen LogP contribution < -0.4 is 10.6 Å². The topological polar surface area (TPSA) is 287 Å². The van der Waals surface area contributed by atoms with E-state index in [9.17, 15) is 20.1 Å². The fraction of sp³-hybridized carbons (Fsp3) is 0.929. The van der Waals surface area contributed by atoms with Gasteiger partial charge < -0.3 is 67.5 Å². The SMILES string of the molecule is CN[C@@H]1[C@@H](O)[C@H](NC)[C@H]2O[C@@]3(O)C(=O)C[C@@H](C)O[C@H]3O[C@@H]2[C@H]1O.Cl.Cl.O.O.O.O.O. The van der Waals surface area contributed by atoms with Crippen molar-refractivity contribution in [1.29, 1.82) is 0 Å². The highest BCUT2D eigenvalue weighted by Gasteiger charge is 2.63. The Labute approximate surface area is 185 Å². The van der Waals surface area contributed by atoms with Gasteiger partial charge in [-0.2, -0.15) is 0 Å². The molecule has 0 unspecified atom stereocenters. The van der Waals surface area contributed by atoms with Gasteiger partial charge in [-0.3, -0.25) is 4.79 Å². The van der Waals surface area contributed by atoms with Gasteiger partial charge in [-0.25, -0.2) is 0 Å². The minimum atomic E-state index is -2.23. The number of rotatable bonds is 2. The lowest BCUT2D eigenvalue weighted by Crippen LogP contribution is -2.77. The molecular weight excluding hydrogens is 459 g/mol. The Morgan fingerprint density at radius 3 is 1.87 bits per heavy atom. The maximum atomic E-state index is 12.2. The summed E-state index contributed by atoms with van der Waals surface area (Å²) in [5.74, 6) is -2.76. The Kier molecular flexibility index (Phi) is 19.7. The molecular formula is C14H36Cl2N2O12. The third-order valence-electron chi connectivity index (χ3n) is 4.93. The highest BCUT2D eigenvalue weighted by molar-refractivity contribution is 5.87. The van der Waals surface area contributed by atoms with Crippen molar-refractivity contribution in [2.45, 2.75) is 68.0 Å². The van der Waals surface area contributed by atoms with Gasteiger partial charge in [-0.05, 0) is 21.0 Å². The molecule has 0 aromatic heterocycles. The van der Waals surface area contributed by atoms with Crippen LogP contribution >= 0.6 is 24.8 Å². The average Bonchev–Trinajstić information content (AvgIpc) is 2.49. The summed E-state index contributed by atoms with van der Waals surface area (Å²) >= 11 is 0. The molecule has 14 nitrogen and oxygen atoms in total. The number of ketones is 1. The Bertz CT molecular complexity index is 496. The Hall–Kier alpha value is -0.270. The van der Waals surface area contributed by atoms with Gasteiger partial charge in [0.25, 0.3) is 5.79 Å². The zero-order chi connectivity index (χ0) is 16.9. The molecule has 0 amide bonds. The lowest BCUT2D eigenvalue weighted by atomic mass is 9.80. The summed E-state index contributed by atoms with van der Waals surface area (Å²) in [4.78, 5) is 12.2. The van der Waals surface area contributed by atoms with Crippen LogP contribution in [0.2, 0.25) is 0 Å². The first-order chi connectivity index (χ1) is 10.8. The number of nitrogens with one attached hydrogen (secondary N) is 2. The normalized spacial score (nSPS) is 41.1. The number of aliphatic hydroxyl groups excluding tert-OH is 2. The van der Waals surface area contributed by atoms with E-state index < -0.39 is 60.5 Å². The number of carbonyl (C=O) groups excluding carboxylic acids is 1. The third-order valence-corrected chi connectivity index (χ3v) is 4.93. The number of hydrogen-bond acceptors (Lipinski definition) is 9. The molecule has 0 aromatic rings. The predicted molar refractivity (Wildman–Crippen MR) is 109 cm³/mol. The van der Waals surface area contributed by atoms with Crippen molar-refractivity contribution >= 4 is 30.6 Å². The molecule has 30 heavy (non-hydrogen) atoms. The summed E-state index contributed by atoms with van der Waals surface area (Å²) in [6.07, 6.45) is -5.58. The Morgan fingerprint density at radius 2 is 1.40 bits per heavy atom. The molecule has 0 aromatic carbocycles. The first kappa shape index (κ1) is 40.1. The zero-order valence-corrected chi connectivity index (χ0v) is 18.3. The van der Waals surface area contributed by atoms with Crippen molar-refractivity contribution in [2.24, 2.45) is 0 Å². The van der Waals surface area contributed by atoms with E-state index in [2.05, 4.69) is 10.6 Å². The maximum Gasteiger partial charge on any atom is 0.280 e. The van der Waals surface area contributed by atoms with Crippen molar-refractivity contribution in [3.8, 4) is 0 Å². The molecule has 2 heterocycles. The molecule has 3 aliphatic rings. The highest BCUT2D eigenvalue weighted by atomic mass is 35.5. The second-order valence-corrected chi connectivity index (χ2v) is 6.40.